The summed E-state index contributed by atoms with van der Waals surface area (Å²) in [6.45, 7) is 3.16. The van der Waals surface area contributed by atoms with Crippen LogP contribution in [0.4, 0.5) is 11.5 Å². The van der Waals surface area contributed by atoms with Crippen LogP contribution < -0.4 is 15.0 Å². The molecule has 202 valence electrons. The maximum atomic E-state index is 13.6. The van der Waals surface area contributed by atoms with Crippen LogP contribution in [0.1, 0.15) is 35.7 Å². The molecule has 0 radical (unpaired) electrons. The molecule has 0 aliphatic carbocycles. The highest BCUT2D eigenvalue weighted by molar-refractivity contribution is 5.96. The molecule has 1 saturated heterocycles. The summed E-state index contributed by atoms with van der Waals surface area (Å²) in [5.41, 5.74) is 1.71. The van der Waals surface area contributed by atoms with Gasteiger partial charge in [-0.3, -0.25) is 9.59 Å². The molecule has 0 bridgehead atoms. The number of ether oxygens (including phenoxy) is 1. The lowest BCUT2D eigenvalue weighted by Crippen LogP contribution is -2.45. The number of aromatic amines is 1. The maximum absolute atomic E-state index is 13.6. The quantitative estimate of drug-likeness (QED) is 0.320. The van der Waals surface area contributed by atoms with Gasteiger partial charge < -0.3 is 29.9 Å². The molecule has 5 rings (SSSR count). The molecule has 2 aromatic carbocycles. The van der Waals surface area contributed by atoms with E-state index in [1.165, 1.54) is 13.3 Å². The number of H-pyrrole nitrogens is 1. The zero-order valence-electron chi connectivity index (χ0n) is 22.1. The number of rotatable bonds is 8. The molecule has 4 aromatic rings. The Labute approximate surface area is 226 Å². The smallest absolute Gasteiger partial charge is 0.253 e. The third-order valence-corrected chi connectivity index (χ3v) is 7.19. The first-order chi connectivity index (χ1) is 18.9. The highest BCUT2D eigenvalue weighted by atomic mass is 16.5. The Morgan fingerprint density at radius 1 is 1.13 bits per heavy atom. The van der Waals surface area contributed by atoms with E-state index < -0.39 is 5.60 Å². The van der Waals surface area contributed by atoms with Crippen molar-refractivity contribution in [3.05, 3.63) is 78.2 Å². The third-order valence-electron chi connectivity index (χ3n) is 7.19. The first-order valence-electron chi connectivity index (χ1n) is 12.9. The second-order valence-corrected chi connectivity index (χ2v) is 9.65. The molecule has 0 saturated carbocycles. The standard InChI is InChI=1S/C29H32N6O4/c1-20(36)30-14-17-35(27-23-10-13-31-26(23)32-19-33-27)22-7-5-6-21(18-22)28(37)34-15-11-29(38,12-16-34)24-8-3-4-9-25(24)39-2/h3-10,13,18-19,38H,11-12,14-17H2,1-2H3,(H,30,36)(H,31,32,33). The van der Waals surface area contributed by atoms with Gasteiger partial charge in [0.1, 0.15) is 23.5 Å². The highest BCUT2D eigenvalue weighted by Crippen LogP contribution is 2.38. The van der Waals surface area contributed by atoms with Crippen LogP contribution in [-0.2, 0) is 10.4 Å². The lowest BCUT2D eigenvalue weighted by atomic mass is 9.83. The third kappa shape index (κ3) is 5.42. The molecule has 10 nitrogen and oxygen atoms in total. The Morgan fingerprint density at radius 3 is 2.69 bits per heavy atom. The van der Waals surface area contributed by atoms with Gasteiger partial charge >= 0.3 is 0 Å². The molecule has 1 fully saturated rings. The van der Waals surface area contributed by atoms with Crippen LogP contribution in [0, 0.1) is 0 Å². The predicted molar refractivity (Wildman–Crippen MR) is 148 cm³/mol. The average Bonchev–Trinajstić information content (AvgIpc) is 3.45. The molecule has 0 atom stereocenters. The zero-order chi connectivity index (χ0) is 27.4. The lowest BCUT2D eigenvalue weighted by Gasteiger charge is -2.39. The van der Waals surface area contributed by atoms with Gasteiger partial charge in [0, 0.05) is 56.1 Å². The number of aliphatic hydroxyl groups is 1. The molecule has 3 heterocycles. The number of carbonyl (C=O) groups is 2. The van der Waals surface area contributed by atoms with E-state index in [-0.39, 0.29) is 11.8 Å². The van der Waals surface area contributed by atoms with E-state index in [2.05, 4.69) is 20.3 Å². The number of fused-ring (bicyclic) bond motifs is 1. The van der Waals surface area contributed by atoms with Crippen LogP contribution in [0.25, 0.3) is 11.0 Å². The van der Waals surface area contributed by atoms with E-state index in [4.69, 9.17) is 4.74 Å². The fourth-order valence-electron chi connectivity index (χ4n) is 5.14. The summed E-state index contributed by atoms with van der Waals surface area (Å²) in [6, 6.07) is 16.8. The number of hydrogen-bond acceptors (Lipinski definition) is 7. The fourth-order valence-corrected chi connectivity index (χ4v) is 5.14. The molecular weight excluding hydrogens is 496 g/mol. The van der Waals surface area contributed by atoms with E-state index in [1.54, 1.807) is 24.3 Å². The van der Waals surface area contributed by atoms with Gasteiger partial charge in [0.15, 0.2) is 0 Å². The van der Waals surface area contributed by atoms with E-state index in [0.29, 0.717) is 61.8 Å². The van der Waals surface area contributed by atoms with Crippen molar-refractivity contribution < 1.29 is 19.4 Å². The summed E-state index contributed by atoms with van der Waals surface area (Å²) in [7, 11) is 1.59. The largest absolute Gasteiger partial charge is 0.496 e. The molecule has 2 aromatic heterocycles. The van der Waals surface area contributed by atoms with Crippen LogP contribution in [0.3, 0.4) is 0 Å². The first kappa shape index (κ1) is 26.2. The van der Waals surface area contributed by atoms with Crippen molar-refractivity contribution in [3.63, 3.8) is 0 Å². The van der Waals surface area contributed by atoms with Crippen LogP contribution in [0.5, 0.6) is 5.75 Å². The number of piperidine rings is 1. The number of amides is 2. The van der Waals surface area contributed by atoms with Crippen molar-refractivity contribution in [2.24, 2.45) is 0 Å². The van der Waals surface area contributed by atoms with E-state index >= 15 is 0 Å². The monoisotopic (exact) mass is 528 g/mol. The summed E-state index contributed by atoms with van der Waals surface area (Å²) in [5.74, 6) is 1.10. The van der Waals surface area contributed by atoms with Gasteiger partial charge in [0.25, 0.3) is 5.91 Å². The maximum Gasteiger partial charge on any atom is 0.253 e. The number of benzene rings is 2. The molecule has 1 aliphatic rings. The Hall–Kier alpha value is -4.44. The Morgan fingerprint density at radius 2 is 1.92 bits per heavy atom. The molecule has 1 aliphatic heterocycles. The second kappa shape index (κ2) is 11.1. The number of para-hydroxylation sites is 1. The number of hydrogen-bond donors (Lipinski definition) is 3. The van der Waals surface area contributed by atoms with Crippen molar-refractivity contribution in [2.75, 3.05) is 38.2 Å². The van der Waals surface area contributed by atoms with Gasteiger partial charge in [-0.2, -0.15) is 0 Å². The SMILES string of the molecule is COc1ccccc1C1(O)CCN(C(=O)c2cccc(N(CCNC(C)=O)c3ncnc4[nH]ccc34)c2)CC1. The van der Waals surface area contributed by atoms with Gasteiger partial charge in [-0.15, -0.1) is 0 Å². The van der Waals surface area contributed by atoms with Gasteiger partial charge in [-0.1, -0.05) is 24.3 Å². The summed E-state index contributed by atoms with van der Waals surface area (Å²) >= 11 is 0. The van der Waals surface area contributed by atoms with Crippen LogP contribution in [-0.4, -0.2) is 70.1 Å². The Kier molecular flexibility index (Phi) is 7.47. The number of nitrogens with zero attached hydrogens (tertiary/aromatic N) is 4. The van der Waals surface area contributed by atoms with Crippen molar-refractivity contribution in [3.8, 4) is 5.75 Å². The molecule has 0 spiro atoms. The molecule has 2 amide bonds. The summed E-state index contributed by atoms with van der Waals surface area (Å²) in [5, 5.41) is 15.1. The Balaban J connectivity index is 1.37. The van der Waals surface area contributed by atoms with Crippen molar-refractivity contribution in [2.45, 2.75) is 25.4 Å². The number of likely N-dealkylation sites (tertiary alicyclic amines) is 1. The van der Waals surface area contributed by atoms with Crippen molar-refractivity contribution >= 4 is 34.4 Å². The van der Waals surface area contributed by atoms with Gasteiger partial charge in [0.05, 0.1) is 18.1 Å². The molecule has 0 unspecified atom stereocenters. The van der Waals surface area contributed by atoms with E-state index in [1.807, 2.05) is 53.4 Å². The molecule has 10 heteroatoms. The average molecular weight is 529 g/mol. The fraction of sp³-hybridized carbons (Fsp3) is 0.310. The number of carbonyl (C=O) groups excluding carboxylic acids is 2. The topological polar surface area (TPSA) is 124 Å². The predicted octanol–water partition coefficient (Wildman–Crippen LogP) is 3.36. The van der Waals surface area contributed by atoms with E-state index in [9.17, 15) is 14.7 Å². The van der Waals surface area contributed by atoms with Crippen LogP contribution >= 0.6 is 0 Å². The number of methoxy groups -OCH3 is 1. The van der Waals surface area contributed by atoms with Gasteiger partial charge in [-0.25, -0.2) is 9.97 Å². The Bertz CT molecular complexity index is 1480. The first-order valence-corrected chi connectivity index (χ1v) is 12.9. The molecule has 39 heavy (non-hydrogen) atoms. The number of nitrogens with one attached hydrogen (secondary N) is 2. The molecular formula is C29H32N6O4. The normalized spacial score (nSPS) is 14.7. The second-order valence-electron chi connectivity index (χ2n) is 9.65. The van der Waals surface area contributed by atoms with Gasteiger partial charge in [0.2, 0.25) is 5.91 Å². The van der Waals surface area contributed by atoms with Gasteiger partial charge in [-0.05, 0) is 43.2 Å². The summed E-state index contributed by atoms with van der Waals surface area (Å²) in [4.78, 5) is 40.8. The zero-order valence-corrected chi connectivity index (χ0v) is 22.1. The number of anilines is 2. The lowest BCUT2D eigenvalue weighted by molar-refractivity contribution is -0.118. The highest BCUT2D eigenvalue weighted by Gasteiger charge is 2.37. The minimum absolute atomic E-state index is 0.102. The summed E-state index contributed by atoms with van der Waals surface area (Å²) in [6.07, 6.45) is 4.12. The van der Waals surface area contributed by atoms with Crippen molar-refractivity contribution in [1.82, 2.24) is 25.2 Å². The van der Waals surface area contributed by atoms with Crippen LogP contribution in [0.2, 0.25) is 0 Å². The van der Waals surface area contributed by atoms with Crippen molar-refractivity contribution in [1.29, 1.82) is 0 Å². The number of aromatic nitrogens is 3. The minimum atomic E-state index is -1.05. The van der Waals surface area contributed by atoms with Crippen LogP contribution in [0.15, 0.2) is 67.1 Å². The minimum Gasteiger partial charge on any atom is -0.496 e. The molecule has 3 N–H and O–H groups in total. The summed E-state index contributed by atoms with van der Waals surface area (Å²) < 4.78 is 5.46. The van der Waals surface area contributed by atoms with E-state index in [0.717, 1.165) is 16.6 Å².